The van der Waals surface area contributed by atoms with E-state index in [2.05, 4.69) is 84.9 Å². The van der Waals surface area contributed by atoms with Crippen LogP contribution >= 0.6 is 0 Å². The molecule has 2 aliphatic carbocycles. The summed E-state index contributed by atoms with van der Waals surface area (Å²) in [7, 11) is 0. The second kappa shape index (κ2) is 6.06. The highest BCUT2D eigenvalue weighted by molar-refractivity contribution is 6.23. The number of benzene rings is 5. The minimum Gasteiger partial charge on any atom is -0.0614 e. The Morgan fingerprint density at radius 1 is 0.433 bits per heavy atom. The highest BCUT2D eigenvalue weighted by atomic mass is 14.3. The SMILES string of the molecule is c1cc2cc(c1)-c1c(c3cccc4c3c3c(cccc13)CC4)-c1cccc(c1)CC2. The van der Waals surface area contributed by atoms with Crippen LogP contribution in [0.25, 0.3) is 43.8 Å². The van der Waals surface area contributed by atoms with Crippen LogP contribution in [0.4, 0.5) is 0 Å². The van der Waals surface area contributed by atoms with Gasteiger partial charge in [0, 0.05) is 0 Å². The van der Waals surface area contributed by atoms with E-state index >= 15 is 0 Å². The average molecular weight is 383 g/mol. The Morgan fingerprint density at radius 3 is 1.40 bits per heavy atom. The molecule has 5 aromatic rings. The highest BCUT2D eigenvalue weighted by Gasteiger charge is 2.23. The normalized spacial score (nSPS) is 14.1. The van der Waals surface area contributed by atoms with Gasteiger partial charge in [0.15, 0.2) is 0 Å². The van der Waals surface area contributed by atoms with Crippen molar-refractivity contribution >= 4 is 21.5 Å². The fourth-order valence-corrected chi connectivity index (χ4v) is 5.82. The zero-order valence-corrected chi connectivity index (χ0v) is 16.9. The van der Waals surface area contributed by atoms with E-state index in [4.69, 9.17) is 0 Å². The summed E-state index contributed by atoms with van der Waals surface area (Å²) in [6.45, 7) is 0. The predicted molar refractivity (Wildman–Crippen MR) is 127 cm³/mol. The van der Waals surface area contributed by atoms with E-state index in [0.717, 1.165) is 25.7 Å². The van der Waals surface area contributed by atoms with Gasteiger partial charge in [-0.25, -0.2) is 0 Å². The molecule has 0 aromatic heterocycles. The predicted octanol–water partition coefficient (Wildman–Crippen LogP) is 7.52. The minimum atomic E-state index is 1.09. The van der Waals surface area contributed by atoms with E-state index in [1.165, 1.54) is 66.1 Å². The number of hydrogen-bond acceptors (Lipinski definition) is 0. The third kappa shape index (κ3) is 2.22. The van der Waals surface area contributed by atoms with Crippen molar-refractivity contribution in [2.45, 2.75) is 25.7 Å². The first kappa shape index (κ1) is 16.4. The summed E-state index contributed by atoms with van der Waals surface area (Å²) in [5, 5.41) is 5.77. The monoisotopic (exact) mass is 382 g/mol. The van der Waals surface area contributed by atoms with Gasteiger partial charge in [0.05, 0.1) is 0 Å². The first-order valence-electron chi connectivity index (χ1n) is 11.0. The summed E-state index contributed by atoms with van der Waals surface area (Å²) >= 11 is 0. The molecule has 0 heteroatoms. The van der Waals surface area contributed by atoms with Gasteiger partial charge in [-0.15, -0.1) is 0 Å². The van der Waals surface area contributed by atoms with Crippen LogP contribution in [-0.4, -0.2) is 0 Å². The number of aryl methyl sites for hydroxylation is 4. The van der Waals surface area contributed by atoms with Crippen LogP contribution < -0.4 is 0 Å². The van der Waals surface area contributed by atoms with Gasteiger partial charge in [0.1, 0.15) is 0 Å². The van der Waals surface area contributed by atoms with Crippen molar-refractivity contribution in [3.63, 3.8) is 0 Å². The third-order valence-electron chi connectivity index (χ3n) is 7.14. The van der Waals surface area contributed by atoms with Gasteiger partial charge in [-0.1, -0.05) is 84.9 Å². The Bertz CT molecular complexity index is 1370. The van der Waals surface area contributed by atoms with Crippen LogP contribution in [0.5, 0.6) is 0 Å². The molecule has 0 nitrogen and oxygen atoms in total. The molecule has 7 rings (SSSR count). The van der Waals surface area contributed by atoms with E-state index in [0.29, 0.717) is 0 Å². The summed E-state index contributed by atoms with van der Waals surface area (Å²) in [6, 6.07) is 32.4. The Balaban J connectivity index is 1.79. The molecular weight excluding hydrogens is 360 g/mol. The molecule has 0 aliphatic heterocycles. The molecule has 0 radical (unpaired) electrons. The summed E-state index contributed by atoms with van der Waals surface area (Å²) in [4.78, 5) is 0. The molecule has 0 atom stereocenters. The van der Waals surface area contributed by atoms with Crippen LogP contribution in [0.3, 0.4) is 0 Å². The lowest BCUT2D eigenvalue weighted by atomic mass is 9.78. The molecule has 0 spiro atoms. The molecule has 0 fully saturated rings. The van der Waals surface area contributed by atoms with E-state index < -0.39 is 0 Å². The summed E-state index contributed by atoms with van der Waals surface area (Å²) in [5.41, 5.74) is 11.4. The van der Waals surface area contributed by atoms with E-state index in [1.807, 2.05) is 0 Å². The largest absolute Gasteiger partial charge is 0.0614 e. The van der Waals surface area contributed by atoms with Crippen LogP contribution in [-0.2, 0) is 25.7 Å². The molecule has 0 saturated carbocycles. The zero-order valence-electron chi connectivity index (χ0n) is 16.9. The van der Waals surface area contributed by atoms with Gasteiger partial charge < -0.3 is 0 Å². The summed E-state index contributed by atoms with van der Waals surface area (Å²) in [6.07, 6.45) is 4.45. The van der Waals surface area contributed by atoms with E-state index in [1.54, 1.807) is 0 Å². The molecular formula is C30H22. The third-order valence-corrected chi connectivity index (χ3v) is 7.14. The average Bonchev–Trinajstić information content (AvgIpc) is 2.80. The fourth-order valence-electron chi connectivity index (χ4n) is 5.82. The van der Waals surface area contributed by atoms with Crippen LogP contribution in [0.15, 0.2) is 84.9 Å². The van der Waals surface area contributed by atoms with Gasteiger partial charge >= 0.3 is 0 Å². The van der Waals surface area contributed by atoms with Crippen molar-refractivity contribution in [2.75, 3.05) is 0 Å². The quantitative estimate of drug-likeness (QED) is 0.243. The van der Waals surface area contributed by atoms with Gasteiger partial charge in [0.2, 0.25) is 0 Å². The molecule has 0 saturated heterocycles. The maximum Gasteiger partial charge on any atom is -0.00201 e. The van der Waals surface area contributed by atoms with Crippen molar-refractivity contribution in [1.29, 1.82) is 0 Å². The van der Waals surface area contributed by atoms with Crippen LogP contribution in [0.1, 0.15) is 22.3 Å². The molecule has 5 aromatic carbocycles. The molecule has 142 valence electrons. The molecule has 2 aliphatic rings. The highest BCUT2D eigenvalue weighted by Crippen LogP contribution is 2.48. The second-order valence-electron chi connectivity index (χ2n) is 8.83. The van der Waals surface area contributed by atoms with Crippen LogP contribution in [0.2, 0.25) is 0 Å². The number of rotatable bonds is 0. The maximum absolute atomic E-state index is 2.43. The molecule has 0 N–H and O–H groups in total. The smallest absolute Gasteiger partial charge is 0.00201 e. The first-order chi connectivity index (χ1) is 14.9. The maximum atomic E-state index is 2.43. The fraction of sp³-hybridized carbons (Fsp3) is 0.133. The molecule has 4 bridgehead atoms. The minimum absolute atomic E-state index is 1.09. The van der Waals surface area contributed by atoms with Crippen molar-refractivity contribution in [2.24, 2.45) is 0 Å². The van der Waals surface area contributed by atoms with Gasteiger partial charge in [-0.05, 0) is 91.7 Å². The van der Waals surface area contributed by atoms with Crippen molar-refractivity contribution in [3.05, 3.63) is 107 Å². The van der Waals surface area contributed by atoms with Gasteiger partial charge in [0.25, 0.3) is 0 Å². The lowest BCUT2D eigenvalue weighted by Gasteiger charge is -2.25. The Hall–Kier alpha value is -3.38. The lowest BCUT2D eigenvalue weighted by molar-refractivity contribution is 0.960. The molecule has 30 heavy (non-hydrogen) atoms. The number of fused-ring (bicyclic) bond motifs is 9. The zero-order chi connectivity index (χ0) is 19.7. The van der Waals surface area contributed by atoms with Gasteiger partial charge in [-0.3, -0.25) is 0 Å². The standard InChI is InChI=1S/C30H22/c1-5-19-13-14-20-6-2-10-24(18-20)30-26-12-4-8-22-16-15-21-7-3-11-25(27(21)28(22)26)29(30)23(9-1)17-19/h1-12,17-18H,13-16H2. The van der Waals surface area contributed by atoms with E-state index in [9.17, 15) is 0 Å². The van der Waals surface area contributed by atoms with E-state index in [-0.39, 0.29) is 0 Å². The second-order valence-corrected chi connectivity index (χ2v) is 8.83. The Kier molecular flexibility index (Phi) is 3.32. The Morgan fingerprint density at radius 2 is 0.900 bits per heavy atom. The van der Waals surface area contributed by atoms with Crippen molar-refractivity contribution in [1.82, 2.24) is 0 Å². The Labute approximate surface area is 176 Å². The molecule has 0 unspecified atom stereocenters. The summed E-state index contributed by atoms with van der Waals surface area (Å²) in [5.74, 6) is 0. The molecule has 0 heterocycles. The van der Waals surface area contributed by atoms with Gasteiger partial charge in [-0.2, -0.15) is 0 Å². The first-order valence-corrected chi connectivity index (χ1v) is 11.0. The van der Waals surface area contributed by atoms with Crippen molar-refractivity contribution in [3.8, 4) is 22.3 Å². The topological polar surface area (TPSA) is 0 Å². The lowest BCUT2D eigenvalue weighted by Crippen LogP contribution is -2.04. The summed E-state index contributed by atoms with van der Waals surface area (Å²) < 4.78 is 0. The van der Waals surface area contributed by atoms with Crippen LogP contribution in [0, 0.1) is 0 Å². The number of hydrogen-bond donors (Lipinski definition) is 0. The molecule has 0 amide bonds. The van der Waals surface area contributed by atoms with Crippen molar-refractivity contribution < 1.29 is 0 Å².